The van der Waals surface area contributed by atoms with Crippen molar-refractivity contribution in [1.29, 1.82) is 0 Å². The number of rotatable bonds is 6. The van der Waals surface area contributed by atoms with Crippen LogP contribution >= 0.6 is 0 Å². The highest BCUT2D eigenvalue weighted by molar-refractivity contribution is 5.94. The summed E-state index contributed by atoms with van der Waals surface area (Å²) in [5.74, 6) is 0.660. The Kier molecular flexibility index (Phi) is 6.44. The van der Waals surface area contributed by atoms with E-state index in [1.165, 1.54) is 12.1 Å². The van der Waals surface area contributed by atoms with Crippen LogP contribution in [0.2, 0.25) is 0 Å². The van der Waals surface area contributed by atoms with E-state index in [9.17, 15) is 9.18 Å². The number of hydrogen-bond donors (Lipinski definition) is 1. The number of fused-ring (bicyclic) bond motifs is 1. The number of oxazole rings is 1. The van der Waals surface area contributed by atoms with Crippen molar-refractivity contribution in [2.75, 3.05) is 37.4 Å². The van der Waals surface area contributed by atoms with Crippen molar-refractivity contribution in [1.82, 2.24) is 24.3 Å². The summed E-state index contributed by atoms with van der Waals surface area (Å²) < 4.78 is 20.9. The molecule has 0 saturated carbocycles. The molecule has 9 nitrogen and oxygen atoms in total. The van der Waals surface area contributed by atoms with Gasteiger partial charge in [-0.3, -0.25) is 9.20 Å². The number of likely N-dealkylation sites (tertiary alicyclic amines) is 1. The molecule has 0 bridgehead atoms. The molecule has 198 valence electrons. The molecule has 0 spiro atoms. The average Bonchev–Trinajstić information content (AvgIpc) is 3.55. The highest BCUT2D eigenvalue weighted by Gasteiger charge is 2.25. The fourth-order valence-corrected chi connectivity index (χ4v) is 4.89. The van der Waals surface area contributed by atoms with Gasteiger partial charge in [0.1, 0.15) is 23.5 Å². The van der Waals surface area contributed by atoms with Crippen LogP contribution in [0.25, 0.3) is 28.5 Å². The van der Waals surface area contributed by atoms with Crippen LogP contribution in [-0.2, 0) is 0 Å². The van der Waals surface area contributed by atoms with E-state index < -0.39 is 0 Å². The molecule has 0 aliphatic carbocycles. The number of imidazole rings is 1. The zero-order chi connectivity index (χ0) is 26.9. The van der Waals surface area contributed by atoms with Crippen molar-refractivity contribution < 1.29 is 13.6 Å². The number of piperidine rings is 1. The van der Waals surface area contributed by atoms with E-state index in [0.29, 0.717) is 41.8 Å². The van der Waals surface area contributed by atoms with Crippen LogP contribution in [0, 0.1) is 5.82 Å². The van der Waals surface area contributed by atoms with Crippen LogP contribution in [0.1, 0.15) is 23.2 Å². The lowest BCUT2D eigenvalue weighted by Crippen LogP contribution is -2.42. The number of benzene rings is 2. The van der Waals surface area contributed by atoms with E-state index in [4.69, 9.17) is 9.40 Å². The first-order chi connectivity index (χ1) is 19.0. The van der Waals surface area contributed by atoms with E-state index in [1.54, 1.807) is 30.8 Å². The molecule has 6 rings (SSSR count). The fraction of sp³-hybridized carbons (Fsp3) is 0.241. The number of carbonyl (C=O) groups is 1. The van der Waals surface area contributed by atoms with Crippen molar-refractivity contribution >= 4 is 23.4 Å². The molecule has 5 aromatic rings. The van der Waals surface area contributed by atoms with Crippen molar-refractivity contribution in [3.63, 3.8) is 0 Å². The van der Waals surface area contributed by atoms with Gasteiger partial charge in [-0.05, 0) is 67.4 Å². The molecular weight excluding hydrogens is 497 g/mol. The van der Waals surface area contributed by atoms with Crippen molar-refractivity contribution in [2.45, 2.75) is 18.9 Å². The van der Waals surface area contributed by atoms with Gasteiger partial charge >= 0.3 is 5.84 Å². The third kappa shape index (κ3) is 4.93. The molecule has 2 aromatic carbocycles. The predicted molar refractivity (Wildman–Crippen MR) is 147 cm³/mol. The molecule has 0 atom stereocenters. The molecule has 1 aliphatic heterocycles. The number of nitrogens with zero attached hydrogens (tertiary/aromatic N) is 6. The van der Waals surface area contributed by atoms with Crippen LogP contribution in [0.5, 0.6) is 0 Å². The standard InChI is InChI=1S/C29H28FN7O2/c1-35(2)23-9-5-20(6-10-23)27(38)36-15-12-22(13-16-36)32-28-31-14-11-24(33-28)26-25(19-3-7-21(30)8-4-19)34-29-37(26)17-18-39-29/h3-11,14,17-18,22H,12-13,15-16H2,1-2H3,(H,31,32,33). The molecule has 0 unspecified atom stereocenters. The molecule has 1 saturated heterocycles. The number of amides is 1. The van der Waals surface area contributed by atoms with Crippen LogP contribution in [-0.4, -0.2) is 63.4 Å². The summed E-state index contributed by atoms with van der Waals surface area (Å²) in [5, 5.41) is 3.44. The second-order valence-electron chi connectivity index (χ2n) is 9.79. The molecule has 3 aromatic heterocycles. The molecule has 1 aliphatic rings. The first kappa shape index (κ1) is 24.6. The fourth-order valence-electron chi connectivity index (χ4n) is 4.89. The minimum absolute atomic E-state index is 0.0511. The van der Waals surface area contributed by atoms with Gasteiger partial charge in [0.05, 0.1) is 5.69 Å². The monoisotopic (exact) mass is 525 g/mol. The first-order valence-corrected chi connectivity index (χ1v) is 12.8. The molecule has 39 heavy (non-hydrogen) atoms. The van der Waals surface area contributed by atoms with Gasteiger partial charge in [-0.2, -0.15) is 4.98 Å². The molecular formula is C29H28FN7O2. The smallest absolute Gasteiger partial charge is 0.306 e. The number of aromatic nitrogens is 4. The predicted octanol–water partition coefficient (Wildman–Crippen LogP) is 4.97. The van der Waals surface area contributed by atoms with Crippen LogP contribution in [0.3, 0.4) is 0 Å². The third-order valence-corrected chi connectivity index (χ3v) is 7.02. The Morgan fingerprint density at radius 3 is 2.49 bits per heavy atom. The van der Waals surface area contributed by atoms with Gasteiger partial charge in [0.2, 0.25) is 5.95 Å². The number of carbonyl (C=O) groups excluding carboxylic acids is 1. The Balaban J connectivity index is 1.17. The lowest BCUT2D eigenvalue weighted by atomic mass is 10.0. The topological polar surface area (TPSA) is 91.8 Å². The normalized spacial score (nSPS) is 14.1. The summed E-state index contributed by atoms with van der Waals surface area (Å²) in [6.07, 6.45) is 6.62. The van der Waals surface area contributed by atoms with E-state index in [-0.39, 0.29) is 17.8 Å². The summed E-state index contributed by atoms with van der Waals surface area (Å²) >= 11 is 0. The maximum absolute atomic E-state index is 13.5. The molecule has 10 heteroatoms. The van der Waals surface area contributed by atoms with E-state index in [0.717, 1.165) is 29.8 Å². The zero-order valence-corrected chi connectivity index (χ0v) is 21.7. The number of halogens is 1. The second kappa shape index (κ2) is 10.2. The first-order valence-electron chi connectivity index (χ1n) is 12.8. The van der Waals surface area contributed by atoms with Gasteiger partial charge in [0.15, 0.2) is 0 Å². The van der Waals surface area contributed by atoms with Crippen LogP contribution < -0.4 is 10.2 Å². The number of anilines is 2. The quantitative estimate of drug-likeness (QED) is 0.335. The second-order valence-corrected chi connectivity index (χ2v) is 9.79. The number of hydrogen-bond acceptors (Lipinski definition) is 7. The largest absolute Gasteiger partial charge is 0.432 e. The van der Waals surface area contributed by atoms with Gasteiger partial charge < -0.3 is 19.5 Å². The van der Waals surface area contributed by atoms with Crippen LogP contribution in [0.4, 0.5) is 16.0 Å². The van der Waals surface area contributed by atoms with E-state index >= 15 is 0 Å². The average molecular weight is 526 g/mol. The summed E-state index contributed by atoms with van der Waals surface area (Å²) in [4.78, 5) is 30.7. The lowest BCUT2D eigenvalue weighted by Gasteiger charge is -2.32. The van der Waals surface area contributed by atoms with E-state index in [1.807, 2.05) is 58.6 Å². The molecule has 1 N–H and O–H groups in total. The Bertz CT molecular complexity index is 1600. The van der Waals surface area contributed by atoms with Crippen molar-refractivity contribution in [3.8, 4) is 22.6 Å². The summed E-state index contributed by atoms with van der Waals surface area (Å²) in [5.41, 5.74) is 4.56. The molecule has 4 heterocycles. The van der Waals surface area contributed by atoms with Gasteiger partial charge in [0, 0.05) is 62.4 Å². The Morgan fingerprint density at radius 1 is 1.03 bits per heavy atom. The van der Waals surface area contributed by atoms with Gasteiger partial charge in [0.25, 0.3) is 5.91 Å². The van der Waals surface area contributed by atoms with E-state index in [2.05, 4.69) is 15.3 Å². The molecule has 1 fully saturated rings. The van der Waals surface area contributed by atoms with Gasteiger partial charge in [-0.1, -0.05) is 0 Å². The SMILES string of the molecule is CN(C)c1ccc(C(=O)N2CCC(Nc3nccc(-c4c(-c5ccc(F)cc5)nc5occn45)n3)CC2)cc1. The zero-order valence-electron chi connectivity index (χ0n) is 21.7. The number of nitrogens with one attached hydrogen (secondary N) is 1. The highest BCUT2D eigenvalue weighted by Crippen LogP contribution is 2.32. The van der Waals surface area contributed by atoms with Gasteiger partial charge in [-0.15, -0.1) is 0 Å². The summed E-state index contributed by atoms with van der Waals surface area (Å²) in [6.45, 7) is 1.30. The maximum atomic E-state index is 13.5. The Hall–Kier alpha value is -4.73. The molecule has 0 radical (unpaired) electrons. The highest BCUT2D eigenvalue weighted by atomic mass is 19.1. The lowest BCUT2D eigenvalue weighted by molar-refractivity contribution is 0.0718. The third-order valence-electron chi connectivity index (χ3n) is 7.02. The molecule has 1 amide bonds. The van der Waals surface area contributed by atoms with Gasteiger partial charge in [-0.25, -0.2) is 14.4 Å². The Morgan fingerprint density at radius 2 is 1.77 bits per heavy atom. The van der Waals surface area contributed by atoms with Crippen molar-refractivity contribution in [2.24, 2.45) is 0 Å². The Labute approximate surface area is 224 Å². The van der Waals surface area contributed by atoms with Crippen LogP contribution in [0.15, 0.2) is 77.7 Å². The maximum Gasteiger partial charge on any atom is 0.306 e. The minimum atomic E-state index is -0.313. The summed E-state index contributed by atoms with van der Waals surface area (Å²) in [6, 6.07) is 15.8. The van der Waals surface area contributed by atoms with Crippen molar-refractivity contribution in [3.05, 3.63) is 84.6 Å². The minimum Gasteiger partial charge on any atom is -0.432 e. The summed E-state index contributed by atoms with van der Waals surface area (Å²) in [7, 11) is 3.96.